The number of nitrogens with one attached hydrogen (secondary N) is 1. The van der Waals surface area contributed by atoms with Gasteiger partial charge in [-0.2, -0.15) is 4.68 Å². The lowest BCUT2D eigenvalue weighted by Gasteiger charge is -2.19. The third kappa shape index (κ3) is 2.20. The first-order valence-electron chi connectivity index (χ1n) is 7.51. The molecule has 1 aromatic carbocycles. The van der Waals surface area contributed by atoms with Crippen LogP contribution in [-0.4, -0.2) is 31.8 Å². The van der Waals surface area contributed by atoms with Crippen LogP contribution in [0.5, 0.6) is 0 Å². The van der Waals surface area contributed by atoms with Crippen molar-refractivity contribution in [2.45, 2.75) is 19.1 Å². The van der Waals surface area contributed by atoms with Gasteiger partial charge in [0.1, 0.15) is 17.9 Å². The van der Waals surface area contributed by atoms with Crippen molar-refractivity contribution >= 4 is 22.8 Å². The zero-order valence-corrected chi connectivity index (χ0v) is 13.2. The minimum Gasteiger partial charge on any atom is -0.466 e. The zero-order valence-electron chi connectivity index (χ0n) is 13.2. The molecule has 1 aliphatic rings. The molecule has 1 atom stereocenters. The number of carbonyl (C=O) groups excluding carboxylic acids is 2. The molecule has 1 saturated heterocycles. The van der Waals surface area contributed by atoms with Crippen LogP contribution in [0.25, 0.3) is 10.9 Å². The summed E-state index contributed by atoms with van der Waals surface area (Å²) in [7, 11) is 0. The predicted molar refractivity (Wildman–Crippen MR) is 85.2 cm³/mol. The highest BCUT2D eigenvalue weighted by Crippen LogP contribution is 2.29. The van der Waals surface area contributed by atoms with Gasteiger partial charge in [0.25, 0.3) is 11.5 Å². The molecular formula is C16H13N5O4. The molecule has 9 heteroatoms. The number of carbonyl (C=O) groups is 2. The molecule has 4 rings (SSSR count). The van der Waals surface area contributed by atoms with Gasteiger partial charge in [0.05, 0.1) is 11.6 Å². The van der Waals surface area contributed by atoms with E-state index < -0.39 is 23.0 Å². The van der Waals surface area contributed by atoms with Gasteiger partial charge in [-0.05, 0) is 31.2 Å². The van der Waals surface area contributed by atoms with Gasteiger partial charge >= 0.3 is 6.03 Å². The van der Waals surface area contributed by atoms with Gasteiger partial charge in [-0.25, -0.2) is 9.69 Å². The van der Waals surface area contributed by atoms with E-state index in [1.807, 2.05) is 0 Å². The van der Waals surface area contributed by atoms with Crippen LogP contribution >= 0.6 is 0 Å². The fourth-order valence-electron chi connectivity index (χ4n) is 2.81. The van der Waals surface area contributed by atoms with E-state index in [2.05, 4.69) is 15.6 Å². The van der Waals surface area contributed by atoms with E-state index in [0.717, 1.165) is 9.58 Å². The van der Waals surface area contributed by atoms with Crippen molar-refractivity contribution in [2.24, 2.45) is 0 Å². The molecule has 2 aromatic heterocycles. The summed E-state index contributed by atoms with van der Waals surface area (Å²) in [5.41, 5.74) is -1.31. The summed E-state index contributed by atoms with van der Waals surface area (Å²) < 4.78 is 6.24. The van der Waals surface area contributed by atoms with Crippen molar-refractivity contribution in [3.05, 3.63) is 58.8 Å². The molecule has 3 amide bonds. The molecule has 0 saturated carbocycles. The van der Waals surface area contributed by atoms with Crippen LogP contribution in [-0.2, 0) is 17.0 Å². The second-order valence-electron chi connectivity index (χ2n) is 5.82. The first-order valence-corrected chi connectivity index (χ1v) is 7.51. The lowest BCUT2D eigenvalue weighted by Crippen LogP contribution is -2.41. The van der Waals surface area contributed by atoms with Crippen molar-refractivity contribution in [2.75, 3.05) is 0 Å². The maximum atomic E-state index is 12.7. The molecule has 1 fully saturated rings. The Bertz CT molecular complexity index is 1040. The second-order valence-corrected chi connectivity index (χ2v) is 5.82. The van der Waals surface area contributed by atoms with Crippen LogP contribution in [0.1, 0.15) is 12.7 Å². The van der Waals surface area contributed by atoms with Gasteiger partial charge in [-0.3, -0.25) is 9.59 Å². The highest BCUT2D eigenvalue weighted by molar-refractivity contribution is 6.06. The Hall–Kier alpha value is -3.49. The number of rotatable bonds is 3. The molecule has 126 valence electrons. The summed E-state index contributed by atoms with van der Waals surface area (Å²) in [6.45, 7) is 1.21. The molecule has 0 radical (unpaired) electrons. The van der Waals surface area contributed by atoms with Crippen LogP contribution in [0.4, 0.5) is 4.79 Å². The average molecular weight is 339 g/mol. The van der Waals surface area contributed by atoms with Crippen molar-refractivity contribution in [3.8, 4) is 0 Å². The van der Waals surface area contributed by atoms with Crippen molar-refractivity contribution < 1.29 is 14.0 Å². The van der Waals surface area contributed by atoms with E-state index in [9.17, 15) is 14.4 Å². The summed E-state index contributed by atoms with van der Waals surface area (Å²) in [5.74, 6) is -0.223. The smallest absolute Gasteiger partial charge is 0.326 e. The standard InChI is InChI=1S/C16H13N5O4/c1-16(12-7-4-8-25-12)14(23)20(15(24)17-16)9-21-13(22)10-5-2-3-6-11(10)18-19-21/h2-8H,9H2,1H3,(H,17,24). The number of amides is 3. The van der Waals surface area contributed by atoms with Crippen LogP contribution in [0.15, 0.2) is 51.9 Å². The highest BCUT2D eigenvalue weighted by atomic mass is 16.3. The quantitative estimate of drug-likeness (QED) is 0.707. The summed E-state index contributed by atoms with van der Waals surface area (Å²) in [5, 5.41) is 10.7. The molecule has 0 bridgehead atoms. The summed E-state index contributed by atoms with van der Waals surface area (Å²) in [6.07, 6.45) is 1.42. The molecule has 1 unspecified atom stereocenters. The SMILES string of the molecule is CC1(c2ccco2)NC(=O)N(Cn2nnc3ccccc3c2=O)C1=O. The molecule has 0 spiro atoms. The number of hydrogen-bond donors (Lipinski definition) is 1. The van der Waals surface area contributed by atoms with E-state index in [1.54, 1.807) is 43.3 Å². The molecule has 3 heterocycles. The number of aromatic nitrogens is 3. The number of benzene rings is 1. The van der Waals surface area contributed by atoms with Crippen molar-refractivity contribution in [3.63, 3.8) is 0 Å². The van der Waals surface area contributed by atoms with E-state index in [1.165, 1.54) is 6.26 Å². The normalized spacial score (nSPS) is 20.3. The highest BCUT2D eigenvalue weighted by Gasteiger charge is 2.51. The maximum Gasteiger partial charge on any atom is 0.326 e. The monoisotopic (exact) mass is 339 g/mol. The van der Waals surface area contributed by atoms with Gasteiger partial charge in [0.2, 0.25) is 0 Å². The fourth-order valence-corrected chi connectivity index (χ4v) is 2.81. The second kappa shape index (κ2) is 5.26. The van der Waals surface area contributed by atoms with Gasteiger partial charge in [-0.15, -0.1) is 5.10 Å². The van der Waals surface area contributed by atoms with Gasteiger partial charge in [0.15, 0.2) is 5.54 Å². The van der Waals surface area contributed by atoms with E-state index in [0.29, 0.717) is 16.7 Å². The topological polar surface area (TPSA) is 110 Å². The molecular weight excluding hydrogens is 326 g/mol. The first kappa shape index (κ1) is 15.1. The number of fused-ring (bicyclic) bond motifs is 1. The minimum absolute atomic E-state index is 0.310. The van der Waals surface area contributed by atoms with Crippen LogP contribution in [0.3, 0.4) is 0 Å². The molecule has 25 heavy (non-hydrogen) atoms. The Morgan fingerprint density at radius 3 is 2.72 bits per heavy atom. The van der Waals surface area contributed by atoms with E-state index in [4.69, 9.17) is 4.42 Å². The number of nitrogens with zero attached hydrogens (tertiary/aromatic N) is 4. The Morgan fingerprint density at radius 1 is 1.16 bits per heavy atom. The van der Waals surface area contributed by atoms with E-state index >= 15 is 0 Å². The molecule has 0 aliphatic carbocycles. The third-order valence-electron chi connectivity index (χ3n) is 4.19. The number of furan rings is 1. The Labute approximate surface area is 140 Å². The van der Waals surface area contributed by atoms with Crippen LogP contribution in [0, 0.1) is 0 Å². The number of imide groups is 1. The van der Waals surface area contributed by atoms with Gasteiger partial charge < -0.3 is 9.73 Å². The Morgan fingerprint density at radius 2 is 1.96 bits per heavy atom. The Balaban J connectivity index is 1.70. The lowest BCUT2D eigenvalue weighted by molar-refractivity contribution is -0.132. The van der Waals surface area contributed by atoms with Crippen molar-refractivity contribution in [1.82, 2.24) is 25.2 Å². The lowest BCUT2D eigenvalue weighted by atomic mass is 9.99. The number of urea groups is 1. The molecule has 3 aromatic rings. The zero-order chi connectivity index (χ0) is 17.6. The summed E-state index contributed by atoms with van der Waals surface area (Å²) in [6, 6.07) is 9.32. The first-order chi connectivity index (χ1) is 12.0. The van der Waals surface area contributed by atoms with Crippen LogP contribution < -0.4 is 10.9 Å². The summed E-state index contributed by atoms with van der Waals surface area (Å²) in [4.78, 5) is 38.4. The average Bonchev–Trinajstić information content (AvgIpc) is 3.22. The van der Waals surface area contributed by atoms with Crippen molar-refractivity contribution in [1.29, 1.82) is 0 Å². The fraction of sp³-hybridized carbons (Fsp3) is 0.188. The third-order valence-corrected chi connectivity index (χ3v) is 4.19. The minimum atomic E-state index is -1.32. The molecule has 1 aliphatic heterocycles. The van der Waals surface area contributed by atoms with Gasteiger partial charge in [0, 0.05) is 0 Å². The molecule has 1 N–H and O–H groups in total. The molecule has 9 nitrogen and oxygen atoms in total. The van der Waals surface area contributed by atoms with E-state index in [-0.39, 0.29) is 6.67 Å². The van der Waals surface area contributed by atoms with Crippen LogP contribution in [0.2, 0.25) is 0 Å². The number of hydrogen-bond acceptors (Lipinski definition) is 6. The predicted octanol–water partition coefficient (Wildman–Crippen LogP) is 0.809. The van der Waals surface area contributed by atoms with Gasteiger partial charge in [-0.1, -0.05) is 17.3 Å². The largest absolute Gasteiger partial charge is 0.466 e. The summed E-state index contributed by atoms with van der Waals surface area (Å²) >= 11 is 0. The maximum absolute atomic E-state index is 12.7. The Kier molecular flexibility index (Phi) is 3.17.